The Morgan fingerprint density at radius 3 is 2.61 bits per heavy atom. The van der Waals surface area contributed by atoms with Crippen molar-refractivity contribution in [3.8, 4) is 0 Å². The van der Waals surface area contributed by atoms with E-state index in [1.165, 1.54) is 6.26 Å². The fraction of sp³-hybridized carbons (Fsp3) is 0.583. The van der Waals surface area contributed by atoms with Crippen molar-refractivity contribution in [1.29, 1.82) is 0 Å². The molecule has 0 fully saturated rings. The highest BCUT2D eigenvalue weighted by atomic mass is 32.2. The summed E-state index contributed by atoms with van der Waals surface area (Å²) >= 11 is 1.83. The minimum Gasteiger partial charge on any atom is -0.368 e. The van der Waals surface area contributed by atoms with Gasteiger partial charge in [0.1, 0.15) is 10.7 Å². The predicted molar refractivity (Wildman–Crippen MR) is 78.0 cm³/mol. The Bertz CT molecular complexity index is 493. The second-order valence-corrected chi connectivity index (χ2v) is 8.92. The normalized spacial score (nSPS) is 12.4. The van der Waals surface area contributed by atoms with Gasteiger partial charge in [-0.25, -0.2) is 13.4 Å². The van der Waals surface area contributed by atoms with E-state index >= 15 is 0 Å². The second kappa shape index (κ2) is 5.93. The van der Waals surface area contributed by atoms with Crippen LogP contribution >= 0.6 is 11.8 Å². The number of thioether (sulfide) groups is 1. The highest BCUT2D eigenvalue weighted by Gasteiger charge is 2.14. The molecule has 1 heterocycles. The molecule has 0 unspecified atom stereocenters. The molecule has 102 valence electrons. The van der Waals surface area contributed by atoms with Crippen LogP contribution in [0.1, 0.15) is 20.8 Å². The zero-order valence-corrected chi connectivity index (χ0v) is 12.9. The van der Waals surface area contributed by atoms with Crippen molar-refractivity contribution in [1.82, 2.24) is 4.98 Å². The smallest absolute Gasteiger partial charge is 0.179 e. The van der Waals surface area contributed by atoms with Crippen LogP contribution in [0.4, 0.5) is 5.82 Å². The maximum atomic E-state index is 11.6. The second-order valence-electron chi connectivity index (χ2n) is 5.01. The van der Waals surface area contributed by atoms with Crippen molar-refractivity contribution >= 4 is 27.4 Å². The van der Waals surface area contributed by atoms with E-state index in [4.69, 9.17) is 0 Å². The maximum Gasteiger partial charge on any atom is 0.179 e. The molecule has 0 aliphatic heterocycles. The number of nitrogens with zero attached hydrogens (tertiary/aromatic N) is 1. The van der Waals surface area contributed by atoms with Gasteiger partial charge in [0.25, 0.3) is 0 Å². The van der Waals surface area contributed by atoms with E-state index in [1.807, 2.05) is 11.8 Å². The fourth-order valence-corrected chi connectivity index (χ4v) is 2.97. The molecule has 1 aromatic heterocycles. The number of pyridine rings is 1. The van der Waals surface area contributed by atoms with Crippen molar-refractivity contribution in [3.63, 3.8) is 0 Å². The summed E-state index contributed by atoms with van der Waals surface area (Å²) < 4.78 is 23.3. The number of rotatable bonds is 5. The lowest BCUT2D eigenvalue weighted by Crippen LogP contribution is -2.14. The summed E-state index contributed by atoms with van der Waals surface area (Å²) in [5.41, 5.74) is 0. The summed E-state index contributed by atoms with van der Waals surface area (Å²) in [6, 6.07) is 3.20. The third kappa shape index (κ3) is 5.27. The first-order valence-electron chi connectivity index (χ1n) is 5.73. The first-order chi connectivity index (χ1) is 8.20. The van der Waals surface area contributed by atoms with Gasteiger partial charge in [-0.15, -0.1) is 0 Å². The topological polar surface area (TPSA) is 59.1 Å². The van der Waals surface area contributed by atoms with E-state index in [2.05, 4.69) is 31.1 Å². The van der Waals surface area contributed by atoms with E-state index in [9.17, 15) is 8.42 Å². The molecule has 18 heavy (non-hydrogen) atoms. The van der Waals surface area contributed by atoms with Crippen LogP contribution in [0.25, 0.3) is 0 Å². The van der Waals surface area contributed by atoms with Gasteiger partial charge in [-0.3, -0.25) is 0 Å². The average molecular weight is 288 g/mol. The molecule has 0 atom stereocenters. The molecule has 4 nitrogen and oxygen atoms in total. The molecule has 0 amide bonds. The zero-order chi connectivity index (χ0) is 13.8. The number of hydrogen-bond acceptors (Lipinski definition) is 5. The van der Waals surface area contributed by atoms with Gasteiger partial charge >= 0.3 is 0 Å². The van der Waals surface area contributed by atoms with Crippen LogP contribution in [-0.2, 0) is 9.84 Å². The van der Waals surface area contributed by atoms with Gasteiger partial charge in [-0.1, -0.05) is 20.8 Å². The Kier molecular flexibility index (Phi) is 5.04. The Hall–Kier alpha value is -0.750. The average Bonchev–Trinajstić information content (AvgIpc) is 2.22. The molecule has 0 aliphatic rings. The Labute approximate surface area is 114 Å². The van der Waals surface area contributed by atoms with Gasteiger partial charge < -0.3 is 5.32 Å². The molecule has 0 saturated heterocycles. The summed E-state index contributed by atoms with van der Waals surface area (Å²) in [5.74, 6) is 1.35. The molecule has 1 rings (SSSR count). The SMILES string of the molecule is CC(C)(C)SCCNc1ncccc1S(C)(=O)=O. The minimum atomic E-state index is -3.23. The fourth-order valence-electron chi connectivity index (χ4n) is 1.35. The lowest BCUT2D eigenvalue weighted by atomic mass is 10.3. The predicted octanol–water partition coefficient (Wildman–Crippen LogP) is 2.43. The Morgan fingerprint density at radius 1 is 1.39 bits per heavy atom. The third-order valence-corrected chi connectivity index (χ3v) is 4.50. The highest BCUT2D eigenvalue weighted by Crippen LogP contribution is 2.23. The largest absolute Gasteiger partial charge is 0.368 e. The summed E-state index contributed by atoms with van der Waals surface area (Å²) in [6.45, 7) is 7.16. The van der Waals surface area contributed by atoms with Crippen LogP contribution in [0, 0.1) is 0 Å². The van der Waals surface area contributed by atoms with Gasteiger partial charge in [-0.05, 0) is 12.1 Å². The van der Waals surface area contributed by atoms with E-state index in [0.717, 1.165) is 5.75 Å². The van der Waals surface area contributed by atoms with Crippen LogP contribution < -0.4 is 5.32 Å². The first-order valence-corrected chi connectivity index (χ1v) is 8.61. The van der Waals surface area contributed by atoms with E-state index in [1.54, 1.807) is 18.3 Å². The van der Waals surface area contributed by atoms with Crippen molar-refractivity contribution in [2.75, 3.05) is 23.9 Å². The quantitative estimate of drug-likeness (QED) is 0.843. The molecule has 0 saturated carbocycles. The highest BCUT2D eigenvalue weighted by molar-refractivity contribution is 8.00. The standard InChI is InChI=1S/C12H20N2O2S2/c1-12(2,3)17-9-8-14-11-10(18(4,15)16)6-5-7-13-11/h5-7H,8-9H2,1-4H3,(H,13,14). The zero-order valence-electron chi connectivity index (χ0n) is 11.2. The molecule has 1 aromatic rings. The number of anilines is 1. The molecule has 1 N–H and O–H groups in total. The summed E-state index contributed by atoms with van der Waals surface area (Å²) in [4.78, 5) is 4.33. The Morgan fingerprint density at radius 2 is 2.06 bits per heavy atom. The van der Waals surface area contributed by atoms with Crippen LogP contribution in [0.5, 0.6) is 0 Å². The number of aromatic nitrogens is 1. The summed E-state index contributed by atoms with van der Waals surface area (Å²) in [5, 5.41) is 3.08. The Balaban J connectivity index is 2.64. The van der Waals surface area contributed by atoms with Gasteiger partial charge in [0.2, 0.25) is 0 Å². The third-order valence-electron chi connectivity index (χ3n) is 2.10. The molecule has 0 spiro atoms. The van der Waals surface area contributed by atoms with Crippen molar-refractivity contribution in [2.45, 2.75) is 30.4 Å². The molecular formula is C12H20N2O2S2. The minimum absolute atomic E-state index is 0.214. The number of nitrogens with one attached hydrogen (secondary N) is 1. The maximum absolute atomic E-state index is 11.6. The van der Waals surface area contributed by atoms with E-state index in [0.29, 0.717) is 12.4 Å². The van der Waals surface area contributed by atoms with Crippen LogP contribution in [0.15, 0.2) is 23.2 Å². The molecule has 0 radical (unpaired) electrons. The van der Waals surface area contributed by atoms with Crippen LogP contribution in [0.2, 0.25) is 0 Å². The summed E-state index contributed by atoms with van der Waals surface area (Å²) in [7, 11) is -3.23. The monoisotopic (exact) mass is 288 g/mol. The molecular weight excluding hydrogens is 268 g/mol. The van der Waals surface area contributed by atoms with Gasteiger partial charge in [0.15, 0.2) is 9.84 Å². The molecule has 0 bridgehead atoms. The van der Waals surface area contributed by atoms with Gasteiger partial charge in [-0.2, -0.15) is 11.8 Å². The summed E-state index contributed by atoms with van der Waals surface area (Å²) in [6.07, 6.45) is 2.78. The van der Waals surface area contributed by atoms with Crippen LogP contribution in [0.3, 0.4) is 0 Å². The number of sulfone groups is 1. The number of hydrogen-bond donors (Lipinski definition) is 1. The molecule has 0 aromatic carbocycles. The lowest BCUT2D eigenvalue weighted by Gasteiger charge is -2.17. The van der Waals surface area contributed by atoms with Crippen molar-refractivity contribution in [2.24, 2.45) is 0 Å². The first kappa shape index (κ1) is 15.3. The van der Waals surface area contributed by atoms with Crippen LogP contribution in [-0.4, -0.2) is 36.7 Å². The van der Waals surface area contributed by atoms with Gasteiger partial charge in [0, 0.05) is 29.5 Å². The van der Waals surface area contributed by atoms with E-state index < -0.39 is 9.84 Å². The molecule has 6 heteroatoms. The van der Waals surface area contributed by atoms with Crippen molar-refractivity contribution < 1.29 is 8.42 Å². The van der Waals surface area contributed by atoms with Crippen molar-refractivity contribution in [3.05, 3.63) is 18.3 Å². The molecule has 0 aliphatic carbocycles. The van der Waals surface area contributed by atoms with E-state index in [-0.39, 0.29) is 9.64 Å². The lowest BCUT2D eigenvalue weighted by molar-refractivity contribution is 0.602. The van der Waals surface area contributed by atoms with Gasteiger partial charge in [0.05, 0.1) is 0 Å².